The van der Waals surface area contributed by atoms with Crippen LogP contribution in [0.2, 0.25) is 5.02 Å². The molecule has 3 rings (SSSR count). The third-order valence-electron chi connectivity index (χ3n) is 3.28. The molecule has 0 N–H and O–H groups in total. The van der Waals surface area contributed by atoms with E-state index in [0.717, 1.165) is 16.9 Å². The molecule has 0 aliphatic carbocycles. The molecule has 0 amide bonds. The molecule has 1 heterocycles. The van der Waals surface area contributed by atoms with E-state index in [4.69, 9.17) is 25.5 Å². The van der Waals surface area contributed by atoms with Crippen LogP contribution in [0.1, 0.15) is 11.5 Å². The molecule has 0 fully saturated rings. The highest BCUT2D eigenvalue weighted by atomic mass is 35.5. The van der Waals surface area contributed by atoms with Crippen LogP contribution in [0.5, 0.6) is 11.5 Å². The van der Waals surface area contributed by atoms with Gasteiger partial charge in [0.15, 0.2) is 6.61 Å². The van der Waals surface area contributed by atoms with Crippen LogP contribution in [0.15, 0.2) is 46.9 Å². The Kier molecular flexibility index (Phi) is 4.48. The summed E-state index contributed by atoms with van der Waals surface area (Å²) in [5, 5.41) is 8.73. The molecule has 0 aliphatic heterocycles. The van der Waals surface area contributed by atoms with Gasteiger partial charge in [0.1, 0.15) is 11.5 Å². The molecule has 0 aliphatic rings. The summed E-state index contributed by atoms with van der Waals surface area (Å²) >= 11 is 5.99. The van der Waals surface area contributed by atoms with E-state index in [1.54, 1.807) is 19.2 Å². The van der Waals surface area contributed by atoms with E-state index in [-0.39, 0.29) is 6.61 Å². The molecule has 6 heteroatoms. The number of halogens is 1. The summed E-state index contributed by atoms with van der Waals surface area (Å²) in [6.45, 7) is 2.11. The number of methoxy groups -OCH3 is 1. The molecule has 0 spiro atoms. The molecule has 23 heavy (non-hydrogen) atoms. The normalized spacial score (nSPS) is 10.6. The molecule has 1 aromatic heterocycles. The average molecular weight is 331 g/mol. The number of aromatic nitrogens is 2. The van der Waals surface area contributed by atoms with Gasteiger partial charge in [-0.1, -0.05) is 17.7 Å². The van der Waals surface area contributed by atoms with Crippen LogP contribution in [-0.2, 0) is 6.61 Å². The zero-order valence-electron chi connectivity index (χ0n) is 12.7. The summed E-state index contributed by atoms with van der Waals surface area (Å²) in [5.41, 5.74) is 1.75. The van der Waals surface area contributed by atoms with E-state index >= 15 is 0 Å². The Morgan fingerprint density at radius 3 is 2.74 bits per heavy atom. The third-order valence-corrected chi connectivity index (χ3v) is 3.70. The van der Waals surface area contributed by atoms with Crippen molar-refractivity contribution in [2.75, 3.05) is 7.11 Å². The van der Waals surface area contributed by atoms with Gasteiger partial charge in [0.25, 0.3) is 5.89 Å². The third kappa shape index (κ3) is 3.63. The molecule has 3 aromatic rings. The molecule has 0 saturated heterocycles. The minimum absolute atomic E-state index is 0.193. The fourth-order valence-corrected chi connectivity index (χ4v) is 2.15. The molecule has 0 bridgehead atoms. The topological polar surface area (TPSA) is 57.4 Å². The van der Waals surface area contributed by atoms with Gasteiger partial charge in [-0.2, -0.15) is 0 Å². The van der Waals surface area contributed by atoms with E-state index in [9.17, 15) is 0 Å². The fraction of sp³-hybridized carbons (Fsp3) is 0.176. The predicted octanol–water partition coefficient (Wildman–Crippen LogP) is 4.29. The quantitative estimate of drug-likeness (QED) is 0.698. The maximum Gasteiger partial charge on any atom is 0.254 e. The Balaban J connectivity index is 1.70. The van der Waals surface area contributed by atoms with Crippen molar-refractivity contribution in [1.82, 2.24) is 10.2 Å². The molecule has 0 radical (unpaired) electrons. The van der Waals surface area contributed by atoms with Crippen molar-refractivity contribution in [3.05, 3.63) is 58.9 Å². The second kappa shape index (κ2) is 6.71. The Bertz CT molecular complexity index is 817. The SMILES string of the molecule is COc1cccc(-c2nnc(COc3ccc(Cl)c(C)c3)o2)c1. The number of aryl methyl sites for hydroxylation is 1. The van der Waals surface area contributed by atoms with Crippen molar-refractivity contribution in [1.29, 1.82) is 0 Å². The molecule has 0 atom stereocenters. The van der Waals surface area contributed by atoms with Gasteiger partial charge in [0.05, 0.1) is 7.11 Å². The first-order chi connectivity index (χ1) is 11.2. The summed E-state index contributed by atoms with van der Waals surface area (Å²) < 4.78 is 16.4. The van der Waals surface area contributed by atoms with Crippen molar-refractivity contribution in [2.24, 2.45) is 0 Å². The van der Waals surface area contributed by atoms with Crippen molar-refractivity contribution < 1.29 is 13.9 Å². The van der Waals surface area contributed by atoms with Gasteiger partial charge in [-0.25, -0.2) is 0 Å². The average Bonchev–Trinajstić information content (AvgIpc) is 3.05. The lowest BCUT2D eigenvalue weighted by Crippen LogP contribution is -1.96. The summed E-state index contributed by atoms with van der Waals surface area (Å²) in [6.07, 6.45) is 0. The summed E-state index contributed by atoms with van der Waals surface area (Å²) in [5.74, 6) is 2.26. The van der Waals surface area contributed by atoms with Gasteiger partial charge in [0.2, 0.25) is 5.89 Å². The highest BCUT2D eigenvalue weighted by Crippen LogP contribution is 2.24. The van der Waals surface area contributed by atoms with Crippen LogP contribution >= 0.6 is 11.6 Å². The van der Waals surface area contributed by atoms with E-state index in [0.29, 0.717) is 22.6 Å². The maximum absolute atomic E-state index is 5.99. The highest BCUT2D eigenvalue weighted by Gasteiger charge is 2.10. The minimum atomic E-state index is 0.193. The largest absolute Gasteiger partial charge is 0.497 e. The number of rotatable bonds is 5. The Morgan fingerprint density at radius 2 is 1.96 bits per heavy atom. The smallest absolute Gasteiger partial charge is 0.254 e. The van der Waals surface area contributed by atoms with Crippen molar-refractivity contribution in [3.8, 4) is 23.0 Å². The maximum atomic E-state index is 5.99. The number of ether oxygens (including phenoxy) is 2. The second-order valence-electron chi connectivity index (χ2n) is 4.93. The Hall–Kier alpha value is -2.53. The lowest BCUT2D eigenvalue weighted by Gasteiger charge is -2.05. The zero-order chi connectivity index (χ0) is 16.2. The zero-order valence-corrected chi connectivity index (χ0v) is 13.5. The van der Waals surface area contributed by atoms with Crippen molar-refractivity contribution in [2.45, 2.75) is 13.5 Å². The molecule has 0 saturated carbocycles. The molecular formula is C17H15ClN2O3. The number of nitrogens with zero attached hydrogens (tertiary/aromatic N) is 2. The lowest BCUT2D eigenvalue weighted by molar-refractivity contribution is 0.264. The Morgan fingerprint density at radius 1 is 1.09 bits per heavy atom. The Labute approximate surface area is 138 Å². The summed E-state index contributed by atoms with van der Waals surface area (Å²) in [7, 11) is 1.61. The number of hydrogen-bond acceptors (Lipinski definition) is 5. The van der Waals surface area contributed by atoms with E-state index < -0.39 is 0 Å². The first-order valence-corrected chi connectivity index (χ1v) is 7.39. The number of benzene rings is 2. The first kappa shape index (κ1) is 15.4. The van der Waals surface area contributed by atoms with Gasteiger partial charge < -0.3 is 13.9 Å². The molecule has 118 valence electrons. The first-order valence-electron chi connectivity index (χ1n) is 7.01. The second-order valence-corrected chi connectivity index (χ2v) is 5.34. The standard InChI is InChI=1S/C17H15ClN2O3/c1-11-8-14(6-7-15(11)18)22-10-16-19-20-17(23-16)12-4-3-5-13(9-12)21-2/h3-9H,10H2,1-2H3. The van der Waals surface area contributed by atoms with Crippen LogP contribution in [0.4, 0.5) is 0 Å². The van der Waals surface area contributed by atoms with Crippen LogP contribution < -0.4 is 9.47 Å². The molecule has 5 nitrogen and oxygen atoms in total. The molecule has 2 aromatic carbocycles. The van der Waals surface area contributed by atoms with Crippen LogP contribution in [0.3, 0.4) is 0 Å². The van der Waals surface area contributed by atoms with Gasteiger partial charge in [-0.15, -0.1) is 10.2 Å². The molecule has 0 unspecified atom stereocenters. The predicted molar refractivity (Wildman–Crippen MR) is 86.8 cm³/mol. The molecular weight excluding hydrogens is 316 g/mol. The van der Waals surface area contributed by atoms with Gasteiger partial charge in [-0.3, -0.25) is 0 Å². The summed E-state index contributed by atoms with van der Waals surface area (Å²) in [6, 6.07) is 12.9. The van der Waals surface area contributed by atoms with Gasteiger partial charge in [0, 0.05) is 10.6 Å². The van der Waals surface area contributed by atoms with E-state index in [1.165, 1.54) is 0 Å². The minimum Gasteiger partial charge on any atom is -0.497 e. The monoisotopic (exact) mass is 330 g/mol. The summed E-state index contributed by atoms with van der Waals surface area (Å²) in [4.78, 5) is 0. The van der Waals surface area contributed by atoms with Crippen LogP contribution in [0.25, 0.3) is 11.5 Å². The number of hydrogen-bond donors (Lipinski definition) is 0. The fourth-order valence-electron chi connectivity index (χ4n) is 2.04. The van der Waals surface area contributed by atoms with Crippen molar-refractivity contribution >= 4 is 11.6 Å². The van der Waals surface area contributed by atoms with Gasteiger partial charge in [-0.05, 0) is 48.9 Å². The van der Waals surface area contributed by atoms with Crippen LogP contribution in [-0.4, -0.2) is 17.3 Å². The highest BCUT2D eigenvalue weighted by molar-refractivity contribution is 6.31. The van der Waals surface area contributed by atoms with E-state index in [2.05, 4.69) is 10.2 Å². The van der Waals surface area contributed by atoms with Crippen LogP contribution in [0, 0.1) is 6.92 Å². The van der Waals surface area contributed by atoms with E-state index in [1.807, 2.05) is 37.3 Å². The van der Waals surface area contributed by atoms with Crippen molar-refractivity contribution in [3.63, 3.8) is 0 Å². The van der Waals surface area contributed by atoms with Gasteiger partial charge >= 0.3 is 0 Å². The lowest BCUT2D eigenvalue weighted by atomic mass is 10.2.